The van der Waals surface area contributed by atoms with Gasteiger partial charge in [-0.15, -0.1) is 11.3 Å². The van der Waals surface area contributed by atoms with E-state index in [9.17, 15) is 9.59 Å². The number of carbonyl (C=O) groups excluding carboxylic acids is 1. The Morgan fingerprint density at radius 3 is 2.84 bits per heavy atom. The van der Waals surface area contributed by atoms with Crippen molar-refractivity contribution in [3.8, 4) is 0 Å². The first-order chi connectivity index (χ1) is 9.04. The van der Waals surface area contributed by atoms with Crippen LogP contribution in [0.25, 0.3) is 0 Å². The van der Waals surface area contributed by atoms with Gasteiger partial charge in [-0.25, -0.2) is 14.6 Å². The third-order valence-electron chi connectivity index (χ3n) is 2.47. The molecule has 0 fully saturated rings. The first kappa shape index (κ1) is 15.8. The first-order valence-corrected chi connectivity index (χ1v) is 7.97. The van der Waals surface area contributed by atoms with Crippen molar-refractivity contribution in [1.82, 2.24) is 15.6 Å². The van der Waals surface area contributed by atoms with Gasteiger partial charge in [-0.05, 0) is 25.4 Å². The Bertz CT molecular complexity index is 437. The van der Waals surface area contributed by atoms with E-state index in [1.54, 1.807) is 17.3 Å². The minimum atomic E-state index is -1.02. The Morgan fingerprint density at radius 2 is 2.32 bits per heavy atom. The number of carboxylic acids is 1. The minimum Gasteiger partial charge on any atom is -0.480 e. The quantitative estimate of drug-likeness (QED) is 0.709. The van der Waals surface area contributed by atoms with Crippen LogP contribution in [0.4, 0.5) is 4.79 Å². The number of aryl methyl sites for hydroxylation is 1. The molecule has 1 atom stereocenters. The van der Waals surface area contributed by atoms with Crippen molar-refractivity contribution in [2.45, 2.75) is 25.9 Å². The lowest BCUT2D eigenvalue weighted by molar-refractivity contribution is -0.139. The van der Waals surface area contributed by atoms with Gasteiger partial charge in [0.2, 0.25) is 0 Å². The highest BCUT2D eigenvalue weighted by Gasteiger charge is 2.19. The maximum Gasteiger partial charge on any atom is 0.326 e. The highest BCUT2D eigenvalue weighted by Crippen LogP contribution is 2.11. The Balaban J connectivity index is 2.40. The van der Waals surface area contributed by atoms with E-state index in [2.05, 4.69) is 15.6 Å². The molecule has 2 amide bonds. The molecule has 0 aliphatic carbocycles. The van der Waals surface area contributed by atoms with E-state index in [0.717, 1.165) is 10.6 Å². The van der Waals surface area contributed by atoms with Crippen LogP contribution in [-0.2, 0) is 11.3 Å². The maximum atomic E-state index is 11.6. The molecule has 0 bridgehead atoms. The van der Waals surface area contributed by atoms with Crippen LogP contribution in [0.15, 0.2) is 5.51 Å². The smallest absolute Gasteiger partial charge is 0.326 e. The number of urea groups is 1. The molecule has 106 valence electrons. The molecule has 0 aliphatic rings. The molecule has 0 spiro atoms. The van der Waals surface area contributed by atoms with E-state index in [1.807, 2.05) is 13.2 Å². The van der Waals surface area contributed by atoms with Crippen LogP contribution in [0, 0.1) is 6.92 Å². The second-order valence-electron chi connectivity index (χ2n) is 3.86. The lowest BCUT2D eigenvalue weighted by atomic mass is 10.2. The van der Waals surface area contributed by atoms with Crippen LogP contribution in [0.3, 0.4) is 0 Å². The predicted molar refractivity (Wildman–Crippen MR) is 76.6 cm³/mol. The van der Waals surface area contributed by atoms with Crippen LogP contribution in [0.5, 0.6) is 0 Å². The average molecular weight is 303 g/mol. The van der Waals surface area contributed by atoms with Gasteiger partial charge >= 0.3 is 12.0 Å². The summed E-state index contributed by atoms with van der Waals surface area (Å²) in [6.45, 7) is 2.22. The Labute approximate surface area is 120 Å². The normalized spacial score (nSPS) is 11.9. The molecule has 1 heterocycles. The fraction of sp³-hybridized carbons (Fsp3) is 0.545. The van der Waals surface area contributed by atoms with E-state index in [-0.39, 0.29) is 0 Å². The van der Waals surface area contributed by atoms with Crippen LogP contribution < -0.4 is 10.6 Å². The number of nitrogens with one attached hydrogen (secondary N) is 2. The van der Waals surface area contributed by atoms with Gasteiger partial charge < -0.3 is 15.7 Å². The standard InChI is InChI=1S/C11H17N3O3S2/c1-7-9(19-6-13-7)5-12-11(17)14-8(10(15)16)3-4-18-2/h6,8H,3-5H2,1-2H3,(H,15,16)(H2,12,14,17). The summed E-state index contributed by atoms with van der Waals surface area (Å²) in [4.78, 5) is 27.6. The number of aliphatic carboxylic acids is 1. The summed E-state index contributed by atoms with van der Waals surface area (Å²) >= 11 is 3.00. The van der Waals surface area contributed by atoms with Gasteiger partial charge in [0.1, 0.15) is 6.04 Å². The third kappa shape index (κ3) is 5.48. The number of rotatable bonds is 7. The average Bonchev–Trinajstić information content (AvgIpc) is 2.77. The number of amides is 2. The predicted octanol–water partition coefficient (Wildman–Crippen LogP) is 1.46. The van der Waals surface area contributed by atoms with Gasteiger partial charge in [0.05, 0.1) is 17.7 Å². The van der Waals surface area contributed by atoms with Crippen molar-refractivity contribution in [3.63, 3.8) is 0 Å². The van der Waals surface area contributed by atoms with Crippen molar-refractivity contribution in [2.24, 2.45) is 0 Å². The van der Waals surface area contributed by atoms with Crippen LogP contribution >= 0.6 is 23.1 Å². The molecule has 8 heteroatoms. The van der Waals surface area contributed by atoms with E-state index in [0.29, 0.717) is 18.7 Å². The summed E-state index contributed by atoms with van der Waals surface area (Å²) in [5, 5.41) is 14.1. The molecule has 0 aliphatic heterocycles. The summed E-state index contributed by atoms with van der Waals surface area (Å²) in [6.07, 6.45) is 2.30. The van der Waals surface area contributed by atoms with E-state index in [1.165, 1.54) is 11.3 Å². The van der Waals surface area contributed by atoms with Gasteiger partial charge in [-0.3, -0.25) is 0 Å². The zero-order valence-corrected chi connectivity index (χ0v) is 12.4. The molecule has 3 N–H and O–H groups in total. The molecule has 0 saturated carbocycles. The van der Waals surface area contributed by atoms with Gasteiger partial charge in [0, 0.05) is 4.88 Å². The molecule has 6 nitrogen and oxygen atoms in total. The first-order valence-electron chi connectivity index (χ1n) is 5.69. The monoisotopic (exact) mass is 303 g/mol. The van der Waals surface area contributed by atoms with Gasteiger partial charge in [-0.2, -0.15) is 11.8 Å². The van der Waals surface area contributed by atoms with Crippen LogP contribution in [0.1, 0.15) is 17.0 Å². The highest BCUT2D eigenvalue weighted by atomic mass is 32.2. The number of aromatic nitrogens is 1. The lowest BCUT2D eigenvalue weighted by Crippen LogP contribution is -2.46. The number of thioether (sulfide) groups is 1. The van der Waals surface area contributed by atoms with Crippen molar-refractivity contribution < 1.29 is 14.7 Å². The number of hydrogen-bond donors (Lipinski definition) is 3. The fourth-order valence-corrected chi connectivity index (χ4v) is 2.55. The molecule has 1 rings (SSSR count). The summed E-state index contributed by atoms with van der Waals surface area (Å²) in [5.74, 6) is -0.330. The Hall–Kier alpha value is -1.28. The lowest BCUT2D eigenvalue weighted by Gasteiger charge is -2.14. The second-order valence-corrected chi connectivity index (χ2v) is 5.79. The van der Waals surface area contributed by atoms with Crippen molar-refractivity contribution in [2.75, 3.05) is 12.0 Å². The Kier molecular flexibility index (Phi) is 6.65. The number of nitrogens with zero attached hydrogens (tertiary/aromatic N) is 1. The van der Waals surface area contributed by atoms with E-state index >= 15 is 0 Å². The van der Waals surface area contributed by atoms with Crippen molar-refractivity contribution >= 4 is 35.1 Å². The maximum absolute atomic E-state index is 11.6. The van der Waals surface area contributed by atoms with Crippen LogP contribution in [-0.4, -0.2) is 40.1 Å². The number of carboxylic acid groups (broad SMARTS) is 1. The van der Waals surface area contributed by atoms with E-state index < -0.39 is 18.0 Å². The van der Waals surface area contributed by atoms with Gasteiger partial charge in [0.25, 0.3) is 0 Å². The SMILES string of the molecule is CSCCC(NC(=O)NCc1scnc1C)C(=O)O. The molecule has 1 aromatic heterocycles. The molecule has 0 saturated heterocycles. The van der Waals surface area contributed by atoms with Crippen molar-refractivity contribution in [1.29, 1.82) is 0 Å². The third-order valence-corrected chi connectivity index (χ3v) is 4.05. The second kappa shape index (κ2) is 8.00. The fourth-order valence-electron chi connectivity index (χ4n) is 1.36. The molecule has 1 unspecified atom stereocenters. The molecular weight excluding hydrogens is 286 g/mol. The Morgan fingerprint density at radius 1 is 1.58 bits per heavy atom. The number of thiazole rings is 1. The molecule has 0 aromatic carbocycles. The highest BCUT2D eigenvalue weighted by molar-refractivity contribution is 7.98. The van der Waals surface area contributed by atoms with Gasteiger partial charge in [-0.1, -0.05) is 0 Å². The largest absolute Gasteiger partial charge is 0.480 e. The summed E-state index contributed by atoms with van der Waals surface area (Å²) in [6, 6.07) is -1.32. The number of hydrogen-bond acceptors (Lipinski definition) is 5. The summed E-state index contributed by atoms with van der Waals surface area (Å²) < 4.78 is 0. The number of carbonyl (C=O) groups is 2. The van der Waals surface area contributed by atoms with Crippen LogP contribution in [0.2, 0.25) is 0 Å². The zero-order chi connectivity index (χ0) is 14.3. The van der Waals surface area contributed by atoms with Gasteiger partial charge in [0.15, 0.2) is 0 Å². The summed E-state index contributed by atoms with van der Waals surface area (Å²) in [5.41, 5.74) is 2.59. The zero-order valence-electron chi connectivity index (χ0n) is 10.8. The topological polar surface area (TPSA) is 91.3 Å². The molecule has 1 aromatic rings. The molecular formula is C11H17N3O3S2. The molecule has 0 radical (unpaired) electrons. The van der Waals surface area contributed by atoms with Crippen molar-refractivity contribution in [3.05, 3.63) is 16.1 Å². The molecule has 19 heavy (non-hydrogen) atoms. The minimum absolute atomic E-state index is 0.358. The summed E-state index contributed by atoms with van der Waals surface area (Å²) in [7, 11) is 0. The van der Waals surface area contributed by atoms with E-state index in [4.69, 9.17) is 5.11 Å².